The van der Waals surface area contributed by atoms with E-state index in [0.717, 1.165) is 134 Å². The summed E-state index contributed by atoms with van der Waals surface area (Å²) in [6.45, 7) is 49.4. The molecule has 0 saturated heterocycles. The van der Waals surface area contributed by atoms with Gasteiger partial charge in [0.25, 0.3) is 6.71 Å². The third-order valence-corrected chi connectivity index (χ3v) is 27.5. The van der Waals surface area contributed by atoms with E-state index in [2.05, 4.69) is 456 Å². The quantitative estimate of drug-likeness (QED) is 0.165. The first-order valence-electron chi connectivity index (χ1n) is 44.8. The molecule has 0 spiro atoms. The minimum Gasteiger partial charge on any atom is -0.456 e. The van der Waals surface area contributed by atoms with E-state index in [1.807, 2.05) is 0 Å². The number of nitrogens with zero attached hydrogens (tertiary/aromatic N) is 4. The number of rotatable bonds is 4. The highest BCUT2D eigenvalue weighted by atomic mass is 16.3. The Labute approximate surface area is 732 Å². The normalized spacial score (nSPS) is 13.6. The second-order valence-electron chi connectivity index (χ2n) is 43.1. The molecule has 21 rings (SSSR count). The van der Waals surface area contributed by atoms with Crippen molar-refractivity contribution in [1.29, 1.82) is 0 Å². The molecule has 15 aromatic carbocycles. The molecule has 0 atom stereocenters. The Balaban J connectivity index is 0.975. The highest BCUT2D eigenvalue weighted by Crippen LogP contribution is 2.57. The van der Waals surface area contributed by atoms with Crippen LogP contribution in [-0.4, -0.2) is 15.8 Å². The van der Waals surface area contributed by atoms with Gasteiger partial charge in [-0.25, -0.2) is 0 Å². The van der Waals surface area contributed by atoms with E-state index in [1.54, 1.807) is 0 Å². The Bertz CT molecular complexity index is 6940. The van der Waals surface area contributed by atoms with Gasteiger partial charge in [0.05, 0.1) is 33.4 Å². The molecule has 18 aromatic rings. The zero-order valence-corrected chi connectivity index (χ0v) is 76.0. The topological polar surface area (TPSA) is 29.5 Å². The predicted molar refractivity (Wildman–Crippen MR) is 533 cm³/mol. The number of furan rings is 1. The number of anilines is 6. The van der Waals surface area contributed by atoms with Gasteiger partial charge in [0.15, 0.2) is 0 Å². The van der Waals surface area contributed by atoms with Gasteiger partial charge in [-0.2, -0.15) is 0 Å². The minimum atomic E-state index is -0.391. The molecular formula is C118H111BN4O. The van der Waals surface area contributed by atoms with Gasteiger partial charge in [-0.15, -0.1) is 0 Å². The van der Waals surface area contributed by atoms with Crippen molar-refractivity contribution in [3.8, 4) is 78.1 Å². The molecule has 13 bridgehead atoms. The Morgan fingerprint density at radius 1 is 0.218 bits per heavy atom. The van der Waals surface area contributed by atoms with Crippen LogP contribution >= 0.6 is 0 Å². The summed E-state index contributed by atoms with van der Waals surface area (Å²) in [5.74, 6) is 0. The van der Waals surface area contributed by atoms with E-state index in [9.17, 15) is 0 Å². The maximum Gasteiger partial charge on any atom is 0.252 e. The van der Waals surface area contributed by atoms with Gasteiger partial charge in [-0.05, 0) is 283 Å². The first kappa shape index (κ1) is 78.6. The summed E-state index contributed by atoms with van der Waals surface area (Å²) in [4.78, 5) is 5.57. The molecule has 3 aliphatic heterocycles. The molecular weight excluding hydrogens is 1500 g/mol. The van der Waals surface area contributed by atoms with E-state index in [0.29, 0.717) is 0 Å². The maximum absolute atomic E-state index is 6.88. The summed E-state index contributed by atoms with van der Waals surface area (Å²) in [6, 6.07) is 115. The summed E-state index contributed by atoms with van der Waals surface area (Å²) in [5.41, 5.74) is 40.4. The summed E-state index contributed by atoms with van der Waals surface area (Å²) in [7, 11) is 0. The van der Waals surface area contributed by atoms with Crippen LogP contribution in [0.5, 0.6) is 0 Å². The zero-order chi connectivity index (χ0) is 86.3. The zero-order valence-electron chi connectivity index (χ0n) is 76.0. The van der Waals surface area contributed by atoms with Gasteiger partial charge in [0, 0.05) is 88.7 Å². The molecule has 0 aliphatic carbocycles. The fourth-order valence-corrected chi connectivity index (χ4v) is 20.2. The number of aromatic nitrogens is 2. The Morgan fingerprint density at radius 2 is 0.516 bits per heavy atom. The van der Waals surface area contributed by atoms with E-state index >= 15 is 0 Å². The molecule has 3 aromatic heterocycles. The molecule has 0 N–H and O–H groups in total. The van der Waals surface area contributed by atoms with E-state index in [4.69, 9.17) is 4.42 Å². The lowest BCUT2D eigenvalue weighted by molar-refractivity contribution is 0.590. The highest BCUT2D eigenvalue weighted by molar-refractivity contribution is 7.00. The minimum absolute atomic E-state index is 0.0841. The van der Waals surface area contributed by atoms with Crippen molar-refractivity contribution in [3.05, 3.63) is 330 Å². The monoisotopic (exact) mass is 1610 g/mol. The van der Waals surface area contributed by atoms with Crippen LogP contribution < -0.4 is 26.2 Å². The van der Waals surface area contributed by atoms with Crippen molar-refractivity contribution in [2.75, 3.05) is 9.80 Å². The molecule has 0 saturated carbocycles. The first-order chi connectivity index (χ1) is 58.9. The van der Waals surface area contributed by atoms with Gasteiger partial charge < -0.3 is 23.4 Å². The molecule has 0 unspecified atom stereocenters. The maximum atomic E-state index is 6.88. The highest BCUT2D eigenvalue weighted by Gasteiger charge is 2.47. The average Bonchev–Trinajstić information content (AvgIpc) is 0.738. The molecule has 5 nitrogen and oxygen atoms in total. The van der Waals surface area contributed by atoms with E-state index in [1.165, 1.54) is 98.9 Å². The number of hydrogen-bond acceptors (Lipinski definition) is 3. The molecule has 124 heavy (non-hydrogen) atoms. The van der Waals surface area contributed by atoms with Crippen LogP contribution in [0.4, 0.5) is 34.1 Å². The molecule has 0 amide bonds. The molecule has 612 valence electrons. The van der Waals surface area contributed by atoms with Crippen molar-refractivity contribution < 1.29 is 4.42 Å². The lowest BCUT2D eigenvalue weighted by Crippen LogP contribution is -2.61. The molecule has 6 heterocycles. The Kier molecular flexibility index (Phi) is 17.4. The summed E-state index contributed by atoms with van der Waals surface area (Å²) in [6.07, 6.45) is 0. The van der Waals surface area contributed by atoms with Gasteiger partial charge in [0.2, 0.25) is 0 Å². The van der Waals surface area contributed by atoms with Gasteiger partial charge in [0.1, 0.15) is 11.2 Å². The van der Waals surface area contributed by atoms with Crippen molar-refractivity contribution in [2.24, 2.45) is 0 Å². The Morgan fingerprint density at radius 3 is 0.847 bits per heavy atom. The summed E-state index contributed by atoms with van der Waals surface area (Å²) < 4.78 is 12.0. The number of fused-ring (bicyclic) bond motifs is 26. The van der Waals surface area contributed by atoms with Gasteiger partial charge in [-0.3, -0.25) is 0 Å². The molecule has 0 fully saturated rings. The Hall–Kier alpha value is -12.6. The van der Waals surface area contributed by atoms with Crippen LogP contribution in [0.25, 0.3) is 144 Å². The van der Waals surface area contributed by atoms with Crippen molar-refractivity contribution in [3.63, 3.8) is 0 Å². The first-order valence-corrected chi connectivity index (χ1v) is 44.8. The van der Waals surface area contributed by atoms with Crippen LogP contribution in [0.15, 0.2) is 296 Å². The number of hydrogen-bond donors (Lipinski definition) is 0. The molecule has 3 aliphatic rings. The third-order valence-electron chi connectivity index (χ3n) is 27.5. The predicted octanol–water partition coefficient (Wildman–Crippen LogP) is 31.3. The van der Waals surface area contributed by atoms with Crippen molar-refractivity contribution in [1.82, 2.24) is 9.13 Å². The summed E-state index contributed by atoms with van der Waals surface area (Å²) in [5, 5.41) is 7.19. The van der Waals surface area contributed by atoms with Crippen LogP contribution in [0.3, 0.4) is 0 Å². The average molecular weight is 1610 g/mol. The van der Waals surface area contributed by atoms with Crippen LogP contribution in [0.1, 0.15) is 184 Å². The smallest absolute Gasteiger partial charge is 0.252 e. The molecule has 6 heteroatoms. The SMILES string of the molecule is CC(C)(C)c1cc(-c2ccccc2)c2c(c1)-c1cccc(c1)-c1ccc3oc4ccc(cc4c3c1)-c1cccc(c1)-c1cc(C(C)(C)C)cc(-c3ccccc3)c1N1c3cc(-n4c5ccc(C(C)(C)C)cc5c5cc(C(C)(C)C)ccc54)ccc3B3c4ccc(-n5c6ccc(C(C)(C)C)cc6c6cc(C(C)(C)C)ccc65)cc4N2c2cc(C(C)(C)C)cc1c23. The van der Waals surface area contributed by atoms with Crippen LogP contribution in [-0.2, 0) is 37.9 Å². The van der Waals surface area contributed by atoms with E-state index < -0.39 is 5.41 Å². The van der Waals surface area contributed by atoms with Gasteiger partial charge >= 0.3 is 0 Å². The van der Waals surface area contributed by atoms with Gasteiger partial charge in [-0.1, -0.05) is 291 Å². The van der Waals surface area contributed by atoms with Crippen molar-refractivity contribution >= 4 is 123 Å². The standard InChI is InChI=1S/C118H111BN4O/c1-112(2,3)78-40-48-99-91(58-78)92-59-79(113(4,5)6)41-49-100(92)120(99)85-44-46-97-103(68-85)122-105-66-84(118(19,20)21)67-106-109(105)119(97)98-47-45-86(121-101-50-42-80(114(7,8)9)60-93(101)94-61-81(115(10,11)12)43-51-102(94)121)69-104(98)123(106)111-88(71-32-26-23-27-33-71)63-83(117(16,17)18)65-90(111)77-37-29-35-73(55-77)75-39-53-108-96(57-75)95-56-74(38-52-107(95)124-108)72-34-28-36-76(54-72)89-64-82(116(13,14)15)62-87(110(89)122)70-30-24-22-25-31-70/h22-69H,1-21H3. The second kappa shape index (κ2) is 27.4. The van der Waals surface area contributed by atoms with Crippen LogP contribution in [0, 0.1) is 0 Å². The second-order valence-corrected chi connectivity index (χ2v) is 43.1. The fraction of sp³-hybridized carbons (Fsp3) is 0.237. The van der Waals surface area contributed by atoms with Crippen molar-refractivity contribution in [2.45, 2.75) is 183 Å². The summed E-state index contributed by atoms with van der Waals surface area (Å²) >= 11 is 0. The molecule has 0 radical (unpaired) electrons. The van der Waals surface area contributed by atoms with Crippen LogP contribution in [0.2, 0.25) is 0 Å². The number of benzene rings is 15. The largest absolute Gasteiger partial charge is 0.456 e. The lowest BCUT2D eigenvalue weighted by atomic mass is 9.33. The van der Waals surface area contributed by atoms with E-state index in [-0.39, 0.29) is 39.2 Å². The lowest BCUT2D eigenvalue weighted by Gasteiger charge is -2.47. The third kappa shape index (κ3) is 12.8. The fourth-order valence-electron chi connectivity index (χ4n) is 20.2.